The van der Waals surface area contributed by atoms with Crippen LogP contribution in [0.15, 0.2) is 23.1 Å². The summed E-state index contributed by atoms with van der Waals surface area (Å²) in [5, 5.41) is 11.6. The Morgan fingerprint density at radius 1 is 1.29 bits per heavy atom. The quantitative estimate of drug-likeness (QED) is 0.799. The highest BCUT2D eigenvalue weighted by Gasteiger charge is 2.23. The lowest BCUT2D eigenvalue weighted by atomic mass is 10.1. The monoisotopic (exact) mass is 310 g/mol. The molecule has 114 valence electrons. The lowest BCUT2D eigenvalue weighted by Gasteiger charge is -2.20. The van der Waals surface area contributed by atoms with Crippen LogP contribution < -0.4 is 10.5 Å². The fourth-order valence-corrected chi connectivity index (χ4v) is 3.19. The van der Waals surface area contributed by atoms with Crippen molar-refractivity contribution in [1.29, 1.82) is 0 Å². The zero-order valence-corrected chi connectivity index (χ0v) is 13.1. The molecule has 21 heavy (non-hydrogen) atoms. The maximum atomic E-state index is 12.3. The Morgan fingerprint density at radius 3 is 2.48 bits per heavy atom. The first-order valence-electron chi connectivity index (χ1n) is 6.26. The molecular weight excluding hydrogens is 292 g/mol. The molecule has 0 saturated heterocycles. The van der Waals surface area contributed by atoms with Gasteiger partial charge in [-0.15, -0.1) is 10.2 Å². The van der Waals surface area contributed by atoms with Crippen molar-refractivity contribution in [2.75, 3.05) is 5.73 Å². The van der Waals surface area contributed by atoms with Crippen LogP contribution in [0.5, 0.6) is 0 Å². The van der Waals surface area contributed by atoms with Gasteiger partial charge in [-0.25, -0.2) is 13.1 Å². The molecule has 1 heterocycles. The molecule has 8 nitrogen and oxygen atoms in total. The molecule has 1 aromatic heterocycles. The summed E-state index contributed by atoms with van der Waals surface area (Å²) in [6.45, 7) is 5.31. The topological polar surface area (TPSA) is 116 Å². The maximum absolute atomic E-state index is 12.3. The first-order valence-corrected chi connectivity index (χ1v) is 7.75. The molecule has 0 bridgehead atoms. The number of rotatable bonds is 3. The molecule has 2 aromatic rings. The van der Waals surface area contributed by atoms with Crippen molar-refractivity contribution < 1.29 is 8.42 Å². The van der Waals surface area contributed by atoms with Gasteiger partial charge in [-0.3, -0.25) is 0 Å². The van der Waals surface area contributed by atoms with Gasteiger partial charge in [0.15, 0.2) is 0 Å². The second-order valence-corrected chi connectivity index (χ2v) is 7.39. The fraction of sp³-hybridized carbons (Fsp3) is 0.417. The summed E-state index contributed by atoms with van der Waals surface area (Å²) in [7, 11) is -2.03. The Morgan fingerprint density at radius 2 is 1.95 bits per heavy atom. The van der Waals surface area contributed by atoms with Gasteiger partial charge in [0.05, 0.1) is 11.9 Å². The van der Waals surface area contributed by atoms with Crippen LogP contribution in [-0.2, 0) is 17.1 Å². The van der Waals surface area contributed by atoms with Crippen molar-refractivity contribution in [2.24, 2.45) is 7.05 Å². The smallest absolute Gasteiger partial charge is 0.241 e. The van der Waals surface area contributed by atoms with Gasteiger partial charge in [0.25, 0.3) is 0 Å². The Balaban J connectivity index is 2.49. The molecular formula is C12H18N6O2S. The Labute approximate surface area is 123 Å². The number of hydrogen-bond acceptors (Lipinski definition) is 6. The Bertz CT molecular complexity index is 760. The number of aryl methyl sites for hydroxylation is 1. The number of hydrogen-bond donors (Lipinski definition) is 2. The van der Waals surface area contributed by atoms with E-state index in [9.17, 15) is 8.42 Å². The highest BCUT2D eigenvalue weighted by atomic mass is 32.2. The molecule has 3 N–H and O–H groups in total. The second kappa shape index (κ2) is 5.08. The highest BCUT2D eigenvalue weighted by Crippen LogP contribution is 2.26. The first-order chi connectivity index (χ1) is 9.58. The Kier molecular flexibility index (Phi) is 3.72. The summed E-state index contributed by atoms with van der Waals surface area (Å²) in [5.74, 6) is 0.280. The average Bonchev–Trinajstić information content (AvgIpc) is 2.72. The number of tetrazole rings is 1. The summed E-state index contributed by atoms with van der Waals surface area (Å²) in [6, 6.07) is 4.41. The van der Waals surface area contributed by atoms with Crippen LogP contribution >= 0.6 is 0 Å². The summed E-state index contributed by atoms with van der Waals surface area (Å²) >= 11 is 0. The summed E-state index contributed by atoms with van der Waals surface area (Å²) in [4.78, 5) is 1.39. The summed E-state index contributed by atoms with van der Waals surface area (Å²) in [6.07, 6.45) is 0. The fourth-order valence-electron chi connectivity index (χ4n) is 1.75. The number of anilines is 1. The first kappa shape index (κ1) is 15.4. The molecule has 0 spiro atoms. The van der Waals surface area contributed by atoms with Gasteiger partial charge in [0, 0.05) is 16.8 Å². The molecule has 0 saturated carbocycles. The van der Waals surface area contributed by atoms with Crippen molar-refractivity contribution >= 4 is 15.7 Å². The van der Waals surface area contributed by atoms with Gasteiger partial charge < -0.3 is 5.73 Å². The molecule has 0 radical (unpaired) electrons. The lowest BCUT2D eigenvalue weighted by molar-refractivity contribution is 0.491. The van der Waals surface area contributed by atoms with Crippen molar-refractivity contribution in [3.63, 3.8) is 0 Å². The van der Waals surface area contributed by atoms with Gasteiger partial charge in [0.1, 0.15) is 0 Å². The van der Waals surface area contributed by atoms with Crippen LogP contribution in [0.2, 0.25) is 0 Å². The van der Waals surface area contributed by atoms with E-state index in [1.54, 1.807) is 27.8 Å². The SMILES string of the molecule is Cn1nnc(-c2cc(S(=O)(=O)NC(C)(C)C)ccc2N)n1. The number of sulfonamides is 1. The normalized spacial score (nSPS) is 12.6. The molecule has 0 aliphatic heterocycles. The Hall–Kier alpha value is -2.00. The van der Waals surface area contributed by atoms with Crippen LogP contribution in [0.3, 0.4) is 0 Å². The number of benzene rings is 1. The van der Waals surface area contributed by atoms with Gasteiger partial charge in [-0.2, -0.15) is 4.80 Å². The average molecular weight is 310 g/mol. The van der Waals surface area contributed by atoms with E-state index in [0.717, 1.165) is 0 Å². The van der Waals surface area contributed by atoms with Crippen LogP contribution in [-0.4, -0.2) is 34.2 Å². The van der Waals surface area contributed by atoms with E-state index in [2.05, 4.69) is 20.1 Å². The minimum absolute atomic E-state index is 0.106. The van der Waals surface area contributed by atoms with Gasteiger partial charge in [-0.05, 0) is 44.2 Å². The molecule has 2 rings (SSSR count). The third kappa shape index (κ3) is 3.56. The number of nitrogens with two attached hydrogens (primary N) is 1. The third-order valence-electron chi connectivity index (χ3n) is 2.52. The van der Waals surface area contributed by atoms with Gasteiger partial charge >= 0.3 is 0 Å². The predicted molar refractivity (Wildman–Crippen MR) is 78.7 cm³/mol. The van der Waals surface area contributed by atoms with Gasteiger partial charge in [-0.1, -0.05) is 0 Å². The minimum atomic E-state index is -3.65. The number of nitrogen functional groups attached to an aromatic ring is 1. The summed E-state index contributed by atoms with van der Waals surface area (Å²) in [5.41, 5.74) is 6.11. The van der Waals surface area contributed by atoms with E-state index < -0.39 is 15.6 Å². The van der Waals surface area contributed by atoms with Crippen molar-refractivity contribution in [3.8, 4) is 11.4 Å². The van der Waals surface area contributed by atoms with Crippen LogP contribution in [0, 0.1) is 0 Å². The third-order valence-corrected chi connectivity index (χ3v) is 4.28. The molecule has 0 aliphatic rings. The molecule has 0 fully saturated rings. The van der Waals surface area contributed by atoms with Crippen molar-refractivity contribution in [1.82, 2.24) is 24.9 Å². The second-order valence-electron chi connectivity index (χ2n) is 5.71. The van der Waals surface area contributed by atoms with E-state index in [4.69, 9.17) is 5.73 Å². The minimum Gasteiger partial charge on any atom is -0.398 e. The van der Waals surface area contributed by atoms with Crippen LogP contribution in [0.4, 0.5) is 5.69 Å². The number of nitrogens with zero attached hydrogens (tertiary/aromatic N) is 4. The van der Waals surface area contributed by atoms with E-state index >= 15 is 0 Å². The van der Waals surface area contributed by atoms with Crippen LogP contribution in [0.1, 0.15) is 20.8 Å². The molecule has 1 aromatic carbocycles. The molecule has 9 heteroatoms. The zero-order chi connectivity index (χ0) is 15.8. The van der Waals surface area contributed by atoms with Crippen molar-refractivity contribution in [3.05, 3.63) is 18.2 Å². The predicted octanol–water partition coefficient (Wildman–Crippen LogP) is 0.536. The summed E-state index contributed by atoms with van der Waals surface area (Å²) < 4.78 is 27.3. The highest BCUT2D eigenvalue weighted by molar-refractivity contribution is 7.89. The van der Waals surface area contributed by atoms with E-state index in [1.807, 2.05) is 0 Å². The maximum Gasteiger partial charge on any atom is 0.241 e. The van der Waals surface area contributed by atoms with Crippen molar-refractivity contribution in [2.45, 2.75) is 31.2 Å². The van der Waals surface area contributed by atoms with E-state index in [-0.39, 0.29) is 10.7 Å². The van der Waals surface area contributed by atoms with Gasteiger partial charge in [0.2, 0.25) is 15.8 Å². The molecule has 0 amide bonds. The van der Waals surface area contributed by atoms with E-state index in [0.29, 0.717) is 11.3 Å². The molecule has 0 aliphatic carbocycles. The largest absolute Gasteiger partial charge is 0.398 e. The standard InChI is InChI=1S/C12H18N6O2S/c1-12(2,3)16-21(19,20)8-5-6-10(13)9(7-8)11-14-17-18(4)15-11/h5-7,16H,13H2,1-4H3. The van der Waals surface area contributed by atoms with E-state index in [1.165, 1.54) is 23.0 Å². The molecule has 0 atom stereocenters. The zero-order valence-electron chi connectivity index (χ0n) is 12.3. The number of nitrogens with one attached hydrogen (secondary N) is 1. The lowest BCUT2D eigenvalue weighted by Crippen LogP contribution is -2.40. The van der Waals surface area contributed by atoms with Crippen LogP contribution in [0.25, 0.3) is 11.4 Å². The molecule has 0 unspecified atom stereocenters. The number of aromatic nitrogens is 4.